The maximum absolute atomic E-state index is 3.90. The summed E-state index contributed by atoms with van der Waals surface area (Å²) >= 11 is 3.90. The molecule has 0 aromatic rings. The van der Waals surface area contributed by atoms with E-state index in [0.29, 0.717) is 0 Å². The third kappa shape index (κ3) is 4.74. The molecular weight excluding hydrogens is 280 g/mol. The van der Waals surface area contributed by atoms with Crippen LogP contribution in [0.2, 0.25) is 36.3 Å². The topological polar surface area (TPSA) is 0 Å². The van der Waals surface area contributed by atoms with Gasteiger partial charge >= 0.3 is 0 Å². The number of hydrogen-bond donors (Lipinski definition) is 0. The van der Waals surface area contributed by atoms with Crippen LogP contribution in [0.3, 0.4) is 0 Å². The molecule has 0 saturated carbocycles. The van der Waals surface area contributed by atoms with Crippen LogP contribution in [0, 0.1) is 0 Å². The van der Waals surface area contributed by atoms with Crippen molar-refractivity contribution >= 4 is 30.8 Å². The van der Waals surface area contributed by atoms with Crippen LogP contribution in [-0.4, -0.2) is 15.5 Å². The van der Waals surface area contributed by atoms with E-state index in [-0.39, 0.29) is 7.42 Å². The lowest BCUT2D eigenvalue weighted by Gasteiger charge is -2.37. The van der Waals surface area contributed by atoms with Crippen molar-refractivity contribution < 1.29 is 0 Å². The highest BCUT2D eigenvalue weighted by molar-refractivity contribution is 9.24. The molecule has 15 heavy (non-hydrogen) atoms. The number of unbranched alkanes of at least 4 members (excludes halogenated alkanes) is 2. The lowest BCUT2D eigenvalue weighted by atomic mass is 10.4. The van der Waals surface area contributed by atoms with E-state index in [1.165, 1.54) is 25.7 Å². The Balaban J connectivity index is 2.44. The molecule has 89 valence electrons. The summed E-state index contributed by atoms with van der Waals surface area (Å²) in [6.07, 6.45) is 5.85. The van der Waals surface area contributed by atoms with Crippen molar-refractivity contribution in [2.75, 3.05) is 0 Å². The summed E-state index contributed by atoms with van der Waals surface area (Å²) in [5.41, 5.74) is 0. The Morgan fingerprint density at radius 1 is 1.00 bits per heavy atom. The van der Waals surface area contributed by atoms with Crippen molar-refractivity contribution in [3.8, 4) is 0 Å². The van der Waals surface area contributed by atoms with Crippen molar-refractivity contribution in [2.24, 2.45) is 0 Å². The number of hydrogen-bond acceptors (Lipinski definition) is 0. The van der Waals surface area contributed by atoms with Gasteiger partial charge in [0.25, 0.3) is 0 Å². The predicted octanol–water partition coefficient (Wildman–Crippen LogP) is 5.44. The molecule has 1 aliphatic rings. The van der Waals surface area contributed by atoms with Gasteiger partial charge in [0.05, 0.1) is 8.07 Å². The van der Waals surface area contributed by atoms with E-state index in [1.807, 2.05) is 0 Å². The van der Waals surface area contributed by atoms with Gasteiger partial charge in [0.15, 0.2) is 0 Å². The first-order valence-corrected chi connectivity index (χ1v) is 13.7. The standard InChI is InChI=1S/C12H26BrSi2/c1-3-5-9-15(10-6-4-2)11-7-14(13)8-12-15/h3-12H2,1-2H3. The monoisotopic (exact) mass is 305 g/mol. The normalized spacial score (nSPS) is 21.8. The van der Waals surface area contributed by atoms with Crippen molar-refractivity contribution in [1.82, 2.24) is 0 Å². The third-order valence-electron chi connectivity index (χ3n) is 3.97. The first-order chi connectivity index (χ1) is 7.22. The van der Waals surface area contributed by atoms with E-state index in [1.54, 1.807) is 36.3 Å². The molecule has 0 N–H and O–H groups in total. The minimum atomic E-state index is -0.771. The molecule has 0 spiro atoms. The van der Waals surface area contributed by atoms with E-state index in [0.717, 1.165) is 0 Å². The lowest BCUT2D eigenvalue weighted by molar-refractivity contribution is 0.811. The van der Waals surface area contributed by atoms with Gasteiger partial charge in [-0.15, -0.1) is 15.3 Å². The molecular formula is C12H26BrSi2. The fraction of sp³-hybridized carbons (Fsp3) is 1.00. The van der Waals surface area contributed by atoms with Crippen LogP contribution in [0.5, 0.6) is 0 Å². The molecule has 0 atom stereocenters. The Bertz CT molecular complexity index is 147. The molecule has 3 heteroatoms. The number of halogens is 1. The molecule has 1 fully saturated rings. The van der Waals surface area contributed by atoms with Gasteiger partial charge in [0.1, 0.15) is 7.42 Å². The summed E-state index contributed by atoms with van der Waals surface area (Å²) in [6.45, 7) is 4.70. The summed E-state index contributed by atoms with van der Waals surface area (Å²) < 4.78 is 0. The molecule has 0 nitrogen and oxygen atoms in total. The second-order valence-corrected chi connectivity index (χ2v) is 15.6. The van der Waals surface area contributed by atoms with Crippen molar-refractivity contribution in [3.05, 3.63) is 0 Å². The van der Waals surface area contributed by atoms with Gasteiger partial charge in [-0.3, -0.25) is 0 Å². The highest BCUT2D eigenvalue weighted by atomic mass is 79.9. The zero-order valence-corrected chi connectivity index (χ0v) is 14.0. The van der Waals surface area contributed by atoms with Crippen LogP contribution >= 0.6 is 15.3 Å². The Morgan fingerprint density at radius 3 is 1.87 bits per heavy atom. The van der Waals surface area contributed by atoms with Crippen molar-refractivity contribution in [3.63, 3.8) is 0 Å². The van der Waals surface area contributed by atoms with Crippen LogP contribution in [-0.2, 0) is 0 Å². The summed E-state index contributed by atoms with van der Waals surface area (Å²) in [6, 6.07) is 9.75. The van der Waals surface area contributed by atoms with Gasteiger partial charge in [0, 0.05) is 0 Å². The second kappa shape index (κ2) is 7.28. The quantitative estimate of drug-likeness (QED) is 0.453. The van der Waals surface area contributed by atoms with Gasteiger partial charge in [-0.25, -0.2) is 0 Å². The zero-order valence-electron chi connectivity index (χ0n) is 10.4. The van der Waals surface area contributed by atoms with Crippen LogP contribution in [0.15, 0.2) is 0 Å². The summed E-state index contributed by atoms with van der Waals surface area (Å²) in [5, 5.41) is 0. The third-order valence-corrected chi connectivity index (χ3v) is 14.4. The highest BCUT2D eigenvalue weighted by Crippen LogP contribution is 2.39. The van der Waals surface area contributed by atoms with Gasteiger partial charge in [-0.2, -0.15) is 0 Å². The van der Waals surface area contributed by atoms with Gasteiger partial charge in [0.2, 0.25) is 0 Å². The summed E-state index contributed by atoms with van der Waals surface area (Å²) in [7, 11) is -0.836. The van der Waals surface area contributed by atoms with E-state index in [9.17, 15) is 0 Å². The zero-order chi connectivity index (χ0) is 11.1. The average Bonchev–Trinajstić information content (AvgIpc) is 2.27. The molecule has 1 saturated heterocycles. The summed E-state index contributed by atoms with van der Waals surface area (Å²) in [5.74, 6) is 0. The van der Waals surface area contributed by atoms with Gasteiger partial charge in [-0.1, -0.05) is 75.8 Å². The fourth-order valence-corrected chi connectivity index (χ4v) is 16.7. The van der Waals surface area contributed by atoms with Crippen LogP contribution in [0.25, 0.3) is 0 Å². The largest absolute Gasteiger partial charge is 0.134 e. The molecule has 0 bridgehead atoms. The van der Waals surface area contributed by atoms with Crippen molar-refractivity contribution in [1.29, 1.82) is 0 Å². The van der Waals surface area contributed by atoms with Crippen LogP contribution in [0.4, 0.5) is 0 Å². The highest BCUT2D eigenvalue weighted by Gasteiger charge is 2.35. The molecule has 1 aliphatic heterocycles. The van der Waals surface area contributed by atoms with Crippen molar-refractivity contribution in [2.45, 2.75) is 75.8 Å². The van der Waals surface area contributed by atoms with Gasteiger partial charge < -0.3 is 0 Å². The smallest absolute Gasteiger partial charge is 0.129 e. The van der Waals surface area contributed by atoms with E-state index >= 15 is 0 Å². The Hall–Kier alpha value is 0.914. The fourth-order valence-electron chi connectivity index (χ4n) is 2.78. The molecule has 0 aromatic heterocycles. The Kier molecular flexibility index (Phi) is 6.78. The molecule has 1 rings (SSSR count). The molecule has 0 aromatic carbocycles. The first-order valence-electron chi connectivity index (χ1n) is 6.72. The van der Waals surface area contributed by atoms with E-state index in [2.05, 4.69) is 29.1 Å². The molecule has 1 radical (unpaired) electrons. The average molecular weight is 306 g/mol. The molecule has 0 unspecified atom stereocenters. The predicted molar refractivity (Wildman–Crippen MR) is 79.1 cm³/mol. The Labute approximate surface area is 106 Å². The Morgan fingerprint density at radius 2 is 1.47 bits per heavy atom. The maximum atomic E-state index is 3.90. The molecule has 0 amide bonds. The van der Waals surface area contributed by atoms with Crippen LogP contribution < -0.4 is 0 Å². The second-order valence-electron chi connectivity index (χ2n) is 5.22. The SMILES string of the molecule is CCCC[Si]1(CCCC)CC[Si](Br)CC1. The maximum Gasteiger partial charge on any atom is 0.134 e. The lowest BCUT2D eigenvalue weighted by Crippen LogP contribution is -2.38. The number of rotatable bonds is 6. The first kappa shape index (κ1) is 14.0. The molecule has 1 heterocycles. The summed E-state index contributed by atoms with van der Waals surface area (Å²) in [4.78, 5) is 0. The minimum Gasteiger partial charge on any atom is -0.129 e. The van der Waals surface area contributed by atoms with E-state index in [4.69, 9.17) is 0 Å². The molecule has 0 aliphatic carbocycles. The van der Waals surface area contributed by atoms with Crippen LogP contribution in [0.1, 0.15) is 39.5 Å². The van der Waals surface area contributed by atoms with Gasteiger partial charge in [-0.05, 0) is 0 Å². The van der Waals surface area contributed by atoms with E-state index < -0.39 is 8.07 Å². The minimum absolute atomic E-state index is 0.0650.